The first kappa shape index (κ1) is 24.3. The summed E-state index contributed by atoms with van der Waals surface area (Å²) in [7, 11) is 3.05. The fourth-order valence-corrected chi connectivity index (χ4v) is 4.38. The first-order valence-corrected chi connectivity index (χ1v) is 11.1. The molecule has 35 heavy (non-hydrogen) atoms. The Morgan fingerprint density at radius 2 is 1.83 bits per heavy atom. The molecule has 1 atom stereocenters. The first-order chi connectivity index (χ1) is 16.8. The number of nitro benzene ring substituents is 1. The molecule has 0 saturated heterocycles. The second-order valence-electron chi connectivity index (χ2n) is 7.83. The minimum Gasteiger partial charge on any atom is -0.493 e. The number of halogens is 2. The van der Waals surface area contributed by atoms with Crippen molar-refractivity contribution < 1.29 is 28.3 Å². The van der Waals surface area contributed by atoms with Crippen molar-refractivity contribution in [1.82, 2.24) is 4.90 Å². The number of amides is 1. The molecule has 3 aromatic carbocycles. The van der Waals surface area contributed by atoms with Gasteiger partial charge in [0.1, 0.15) is 18.2 Å². The van der Waals surface area contributed by atoms with E-state index in [0.717, 1.165) is 11.1 Å². The fourth-order valence-electron chi connectivity index (χ4n) is 4.14. The second kappa shape index (κ2) is 10.2. The summed E-state index contributed by atoms with van der Waals surface area (Å²) in [6.45, 7) is 0.304. The van der Waals surface area contributed by atoms with E-state index in [9.17, 15) is 19.3 Å². The van der Waals surface area contributed by atoms with Gasteiger partial charge in [-0.25, -0.2) is 4.39 Å². The molecular formula is C25H22ClFN2O6. The van der Waals surface area contributed by atoms with Crippen LogP contribution in [0.25, 0.3) is 0 Å². The average molecular weight is 501 g/mol. The van der Waals surface area contributed by atoms with Crippen LogP contribution in [-0.2, 0) is 6.42 Å². The van der Waals surface area contributed by atoms with Crippen molar-refractivity contribution in [2.24, 2.45) is 0 Å². The van der Waals surface area contributed by atoms with E-state index >= 15 is 0 Å². The highest BCUT2D eigenvalue weighted by atomic mass is 35.5. The molecule has 10 heteroatoms. The van der Waals surface area contributed by atoms with E-state index in [1.165, 1.54) is 61.6 Å². The Morgan fingerprint density at radius 3 is 2.46 bits per heavy atom. The number of non-ortho nitro benzene ring substituents is 1. The van der Waals surface area contributed by atoms with Crippen molar-refractivity contribution in [3.63, 3.8) is 0 Å². The van der Waals surface area contributed by atoms with Crippen LogP contribution in [0.4, 0.5) is 10.1 Å². The Morgan fingerprint density at radius 1 is 1.14 bits per heavy atom. The molecule has 182 valence electrons. The van der Waals surface area contributed by atoms with Gasteiger partial charge in [-0.3, -0.25) is 14.9 Å². The quantitative estimate of drug-likeness (QED) is 0.326. The van der Waals surface area contributed by atoms with E-state index in [0.29, 0.717) is 30.2 Å². The zero-order valence-corrected chi connectivity index (χ0v) is 19.8. The third-order valence-corrected chi connectivity index (χ3v) is 6.21. The number of hydrogen-bond donors (Lipinski definition) is 0. The van der Waals surface area contributed by atoms with Gasteiger partial charge in [-0.1, -0.05) is 17.7 Å². The van der Waals surface area contributed by atoms with Crippen molar-refractivity contribution in [3.05, 3.63) is 92.2 Å². The van der Waals surface area contributed by atoms with Gasteiger partial charge >= 0.3 is 0 Å². The summed E-state index contributed by atoms with van der Waals surface area (Å²) in [6, 6.07) is 12.7. The van der Waals surface area contributed by atoms with E-state index in [-0.39, 0.29) is 22.9 Å². The molecule has 0 N–H and O–H groups in total. The second-order valence-corrected chi connectivity index (χ2v) is 8.24. The smallest absolute Gasteiger partial charge is 0.269 e. The topological polar surface area (TPSA) is 91.1 Å². The number of nitrogens with zero attached hydrogens (tertiary/aromatic N) is 2. The number of ether oxygens (including phenoxy) is 3. The summed E-state index contributed by atoms with van der Waals surface area (Å²) in [5, 5.41) is 10.9. The monoisotopic (exact) mass is 500 g/mol. The summed E-state index contributed by atoms with van der Waals surface area (Å²) in [5.74, 6) is 0.143. The first-order valence-electron chi connectivity index (χ1n) is 10.7. The van der Waals surface area contributed by atoms with Gasteiger partial charge in [0.15, 0.2) is 11.5 Å². The Labute approximate surface area is 205 Å². The zero-order valence-electron chi connectivity index (χ0n) is 19.0. The standard InChI is InChI=1S/C25H22ClFN2O6/c1-33-22-12-15-10-11-28(25(30)24-19(26)4-3-5-20(24)27)21(18(15)13-23(22)34-2)14-35-17-8-6-16(7-9-17)29(31)32/h3-9,12-13,21H,10-11,14H2,1-2H3/t21-/m0/s1. The van der Waals surface area contributed by atoms with E-state index in [1.807, 2.05) is 6.07 Å². The van der Waals surface area contributed by atoms with Crippen LogP contribution in [0, 0.1) is 15.9 Å². The lowest BCUT2D eigenvalue weighted by molar-refractivity contribution is -0.384. The lowest BCUT2D eigenvalue weighted by atomic mass is 9.91. The maximum atomic E-state index is 14.6. The molecule has 3 aromatic rings. The van der Waals surface area contributed by atoms with Crippen LogP contribution in [0.3, 0.4) is 0 Å². The van der Waals surface area contributed by atoms with Gasteiger partial charge in [0.2, 0.25) is 0 Å². The number of benzene rings is 3. The van der Waals surface area contributed by atoms with Crippen molar-refractivity contribution in [2.45, 2.75) is 12.5 Å². The van der Waals surface area contributed by atoms with Crippen molar-refractivity contribution in [2.75, 3.05) is 27.4 Å². The molecule has 0 aromatic heterocycles. The number of carbonyl (C=O) groups is 1. The van der Waals surface area contributed by atoms with Gasteiger partial charge < -0.3 is 19.1 Å². The van der Waals surface area contributed by atoms with E-state index in [4.69, 9.17) is 25.8 Å². The lowest BCUT2D eigenvalue weighted by Gasteiger charge is -2.38. The summed E-state index contributed by atoms with van der Waals surface area (Å²) in [4.78, 5) is 25.4. The van der Waals surface area contributed by atoms with Crippen molar-refractivity contribution >= 4 is 23.2 Å². The highest BCUT2D eigenvalue weighted by molar-refractivity contribution is 6.33. The van der Waals surface area contributed by atoms with E-state index in [1.54, 1.807) is 6.07 Å². The van der Waals surface area contributed by atoms with Crippen LogP contribution in [0.2, 0.25) is 5.02 Å². The SMILES string of the molecule is COc1cc2c(cc1OC)[C@H](COc1ccc([N+](=O)[O-])cc1)N(C(=O)c1c(F)cccc1Cl)CC2. The molecule has 0 fully saturated rings. The van der Waals surface area contributed by atoms with Gasteiger partial charge in [-0.15, -0.1) is 0 Å². The normalized spacial score (nSPS) is 14.7. The number of hydrogen-bond acceptors (Lipinski definition) is 6. The highest BCUT2D eigenvalue weighted by Crippen LogP contribution is 2.39. The number of rotatable bonds is 7. The van der Waals surface area contributed by atoms with E-state index < -0.39 is 22.7 Å². The molecule has 4 rings (SSSR count). The Kier molecular flexibility index (Phi) is 7.07. The lowest BCUT2D eigenvalue weighted by Crippen LogP contribution is -2.43. The van der Waals surface area contributed by atoms with Crippen LogP contribution in [0.5, 0.6) is 17.2 Å². The maximum absolute atomic E-state index is 14.6. The van der Waals surface area contributed by atoms with Gasteiger partial charge in [0, 0.05) is 18.7 Å². The molecule has 0 radical (unpaired) electrons. The summed E-state index contributed by atoms with van der Waals surface area (Å²) >= 11 is 6.18. The molecule has 1 aliphatic heterocycles. The Balaban J connectivity index is 1.72. The molecule has 1 amide bonds. The molecule has 8 nitrogen and oxygen atoms in total. The Hall–Kier alpha value is -3.85. The van der Waals surface area contributed by atoms with Gasteiger partial charge in [0.05, 0.1) is 35.8 Å². The van der Waals surface area contributed by atoms with Gasteiger partial charge in [0.25, 0.3) is 11.6 Å². The molecule has 1 heterocycles. The molecule has 0 aliphatic carbocycles. The zero-order chi connectivity index (χ0) is 25.1. The largest absolute Gasteiger partial charge is 0.493 e. The predicted octanol–water partition coefficient (Wildman–Crippen LogP) is 5.22. The average Bonchev–Trinajstić information content (AvgIpc) is 2.86. The number of carbonyl (C=O) groups excluding carboxylic acids is 1. The van der Waals surface area contributed by atoms with Crippen LogP contribution in [-0.4, -0.2) is 43.1 Å². The molecular weight excluding hydrogens is 479 g/mol. The summed E-state index contributed by atoms with van der Waals surface area (Å²) in [6.07, 6.45) is 0.502. The van der Waals surface area contributed by atoms with Crippen molar-refractivity contribution in [1.29, 1.82) is 0 Å². The van der Waals surface area contributed by atoms with Crippen LogP contribution in [0.15, 0.2) is 54.6 Å². The molecule has 1 aliphatic rings. The van der Waals surface area contributed by atoms with Crippen molar-refractivity contribution in [3.8, 4) is 17.2 Å². The fraction of sp³-hybridized carbons (Fsp3) is 0.240. The maximum Gasteiger partial charge on any atom is 0.269 e. The van der Waals surface area contributed by atoms with Crippen LogP contribution >= 0.6 is 11.6 Å². The predicted molar refractivity (Wildman–Crippen MR) is 127 cm³/mol. The highest BCUT2D eigenvalue weighted by Gasteiger charge is 2.35. The Bertz CT molecular complexity index is 1250. The molecule has 0 unspecified atom stereocenters. The summed E-state index contributed by atoms with van der Waals surface area (Å²) < 4.78 is 31.4. The van der Waals surface area contributed by atoms with Crippen LogP contribution in [0.1, 0.15) is 27.5 Å². The van der Waals surface area contributed by atoms with Gasteiger partial charge in [-0.05, 0) is 53.9 Å². The van der Waals surface area contributed by atoms with Gasteiger partial charge in [-0.2, -0.15) is 0 Å². The summed E-state index contributed by atoms with van der Waals surface area (Å²) in [5.41, 5.74) is 1.42. The molecule has 0 bridgehead atoms. The number of nitro groups is 1. The minimum atomic E-state index is -0.712. The number of methoxy groups -OCH3 is 2. The minimum absolute atomic E-state index is 0.0120. The van der Waals surface area contributed by atoms with Crippen LogP contribution < -0.4 is 14.2 Å². The molecule has 0 saturated carbocycles. The number of fused-ring (bicyclic) bond motifs is 1. The third-order valence-electron chi connectivity index (χ3n) is 5.90. The third kappa shape index (κ3) is 4.85. The molecule has 0 spiro atoms. The van der Waals surface area contributed by atoms with E-state index in [2.05, 4.69) is 0 Å².